The van der Waals surface area contributed by atoms with Crippen LogP contribution in [0.4, 0.5) is 0 Å². The summed E-state index contributed by atoms with van der Waals surface area (Å²) in [6, 6.07) is 0.483. The third kappa shape index (κ3) is 5.14. The fourth-order valence-electron chi connectivity index (χ4n) is 2.86. The second-order valence-corrected chi connectivity index (χ2v) is 5.88. The molecule has 2 atom stereocenters. The molecule has 1 aromatic rings. The third-order valence-corrected chi connectivity index (χ3v) is 4.23. The van der Waals surface area contributed by atoms with Crippen molar-refractivity contribution >= 4 is 29.9 Å². The highest BCUT2D eigenvalue weighted by Gasteiger charge is 2.28. The van der Waals surface area contributed by atoms with Crippen molar-refractivity contribution in [3.05, 3.63) is 18.7 Å². The Bertz CT molecular complexity index is 432. The molecule has 126 valence electrons. The first kappa shape index (κ1) is 19.3. The van der Waals surface area contributed by atoms with Gasteiger partial charge in [0.15, 0.2) is 5.96 Å². The molecule has 0 amide bonds. The Kier molecular flexibility index (Phi) is 8.82. The van der Waals surface area contributed by atoms with Crippen LogP contribution in [0.1, 0.15) is 46.1 Å². The predicted octanol–water partition coefficient (Wildman–Crippen LogP) is 3.15. The Morgan fingerprint density at radius 1 is 1.41 bits per heavy atom. The number of aliphatic imine (C=N–C) groups is 1. The molecule has 0 spiro atoms. The lowest BCUT2D eigenvalue weighted by molar-refractivity contribution is 0.189. The minimum absolute atomic E-state index is 0. The number of guanidine groups is 1. The topological polar surface area (TPSA) is 45.5 Å². The zero-order valence-electron chi connectivity index (χ0n) is 14.0. The van der Waals surface area contributed by atoms with E-state index < -0.39 is 0 Å². The van der Waals surface area contributed by atoms with Crippen LogP contribution in [0.3, 0.4) is 0 Å². The SMILES string of the molecule is CCCCN=C(NCC)N1CCC(C)C(n2ccnc2)C1.I. The monoisotopic (exact) mass is 419 g/mol. The molecule has 0 radical (unpaired) electrons. The van der Waals surface area contributed by atoms with Gasteiger partial charge in [0.1, 0.15) is 0 Å². The number of hydrogen-bond acceptors (Lipinski definition) is 2. The van der Waals surface area contributed by atoms with E-state index in [1.807, 2.05) is 12.5 Å². The average Bonchev–Trinajstić information content (AvgIpc) is 3.01. The molecule has 6 heteroatoms. The molecule has 2 heterocycles. The van der Waals surface area contributed by atoms with Gasteiger partial charge in [-0.2, -0.15) is 0 Å². The Morgan fingerprint density at radius 3 is 2.86 bits per heavy atom. The van der Waals surface area contributed by atoms with Crippen LogP contribution in [0.5, 0.6) is 0 Å². The Labute approximate surface area is 151 Å². The minimum atomic E-state index is 0. The van der Waals surface area contributed by atoms with Crippen molar-refractivity contribution < 1.29 is 0 Å². The molecule has 1 aliphatic rings. The smallest absolute Gasteiger partial charge is 0.193 e. The summed E-state index contributed by atoms with van der Waals surface area (Å²) in [5.74, 6) is 1.75. The number of nitrogens with one attached hydrogen (secondary N) is 1. The van der Waals surface area contributed by atoms with E-state index in [1.165, 1.54) is 12.8 Å². The van der Waals surface area contributed by atoms with E-state index in [-0.39, 0.29) is 24.0 Å². The van der Waals surface area contributed by atoms with E-state index in [1.54, 1.807) is 0 Å². The molecule has 0 aromatic carbocycles. The molecular formula is C16H30IN5. The first-order valence-corrected chi connectivity index (χ1v) is 8.27. The molecule has 0 saturated carbocycles. The fourth-order valence-corrected chi connectivity index (χ4v) is 2.86. The van der Waals surface area contributed by atoms with Crippen LogP contribution >= 0.6 is 24.0 Å². The highest BCUT2D eigenvalue weighted by atomic mass is 127. The lowest BCUT2D eigenvalue weighted by Gasteiger charge is -2.39. The summed E-state index contributed by atoms with van der Waals surface area (Å²) in [4.78, 5) is 11.4. The van der Waals surface area contributed by atoms with Crippen LogP contribution < -0.4 is 5.32 Å². The van der Waals surface area contributed by atoms with E-state index in [2.05, 4.69) is 46.7 Å². The molecule has 1 fully saturated rings. The maximum Gasteiger partial charge on any atom is 0.193 e. The van der Waals surface area contributed by atoms with Gasteiger partial charge < -0.3 is 14.8 Å². The van der Waals surface area contributed by atoms with Crippen LogP contribution in [0, 0.1) is 5.92 Å². The molecule has 1 aliphatic heterocycles. The van der Waals surface area contributed by atoms with Gasteiger partial charge in [0.05, 0.1) is 12.4 Å². The number of rotatable bonds is 5. The maximum atomic E-state index is 4.77. The normalized spacial score (nSPS) is 22.3. The van der Waals surface area contributed by atoms with Crippen LogP contribution in [0.25, 0.3) is 0 Å². The Morgan fingerprint density at radius 2 is 2.23 bits per heavy atom. The summed E-state index contributed by atoms with van der Waals surface area (Å²) in [7, 11) is 0. The molecule has 1 aromatic heterocycles. The summed E-state index contributed by atoms with van der Waals surface area (Å²) in [6.45, 7) is 10.6. The third-order valence-electron chi connectivity index (χ3n) is 4.23. The molecule has 0 aliphatic carbocycles. The number of unbranched alkanes of at least 4 members (excludes halogenated alkanes) is 1. The molecule has 2 rings (SSSR count). The Hall–Kier alpha value is -0.790. The zero-order chi connectivity index (χ0) is 15.1. The van der Waals surface area contributed by atoms with Gasteiger partial charge in [0.2, 0.25) is 0 Å². The summed E-state index contributed by atoms with van der Waals surface area (Å²) in [5, 5.41) is 3.44. The van der Waals surface area contributed by atoms with Gasteiger partial charge in [-0.15, -0.1) is 24.0 Å². The van der Waals surface area contributed by atoms with Crippen LogP contribution in [0.2, 0.25) is 0 Å². The van der Waals surface area contributed by atoms with Gasteiger partial charge in [-0.05, 0) is 25.7 Å². The first-order chi connectivity index (χ1) is 10.3. The molecule has 2 unspecified atom stereocenters. The average molecular weight is 419 g/mol. The number of nitrogens with zero attached hydrogens (tertiary/aromatic N) is 4. The number of hydrogen-bond donors (Lipinski definition) is 1. The number of piperidine rings is 1. The highest BCUT2D eigenvalue weighted by Crippen LogP contribution is 2.27. The largest absolute Gasteiger partial charge is 0.357 e. The predicted molar refractivity (Wildman–Crippen MR) is 103 cm³/mol. The number of likely N-dealkylation sites (tertiary alicyclic amines) is 1. The summed E-state index contributed by atoms with van der Waals surface area (Å²) < 4.78 is 2.24. The first-order valence-electron chi connectivity index (χ1n) is 8.27. The van der Waals surface area contributed by atoms with Gasteiger partial charge >= 0.3 is 0 Å². The minimum Gasteiger partial charge on any atom is -0.357 e. The number of aromatic nitrogens is 2. The Balaban J connectivity index is 0.00000242. The van der Waals surface area contributed by atoms with Crippen molar-refractivity contribution in [3.8, 4) is 0 Å². The van der Waals surface area contributed by atoms with Gasteiger partial charge in [-0.1, -0.05) is 20.3 Å². The molecule has 1 saturated heterocycles. The van der Waals surface area contributed by atoms with E-state index in [9.17, 15) is 0 Å². The van der Waals surface area contributed by atoms with Crippen molar-refractivity contribution in [3.63, 3.8) is 0 Å². The molecular weight excluding hydrogens is 389 g/mol. The zero-order valence-corrected chi connectivity index (χ0v) is 16.4. The van der Waals surface area contributed by atoms with E-state index in [0.29, 0.717) is 12.0 Å². The highest BCUT2D eigenvalue weighted by molar-refractivity contribution is 14.0. The lowest BCUT2D eigenvalue weighted by atomic mass is 9.93. The van der Waals surface area contributed by atoms with E-state index in [4.69, 9.17) is 4.99 Å². The van der Waals surface area contributed by atoms with Crippen molar-refractivity contribution in [1.29, 1.82) is 0 Å². The van der Waals surface area contributed by atoms with Crippen LogP contribution in [0.15, 0.2) is 23.7 Å². The van der Waals surface area contributed by atoms with Crippen molar-refractivity contribution in [2.75, 3.05) is 26.2 Å². The summed E-state index contributed by atoms with van der Waals surface area (Å²) >= 11 is 0. The van der Waals surface area contributed by atoms with Crippen LogP contribution in [-0.2, 0) is 0 Å². The standard InChI is InChI=1S/C16H29N5.HI/c1-4-6-8-19-16(18-5-2)20-10-7-14(3)15(12-20)21-11-9-17-13-21;/h9,11,13-15H,4-8,10,12H2,1-3H3,(H,18,19);1H. The number of imidazole rings is 1. The molecule has 1 N–H and O–H groups in total. The van der Waals surface area contributed by atoms with Crippen molar-refractivity contribution in [2.45, 2.75) is 46.1 Å². The molecule has 0 bridgehead atoms. The molecule has 22 heavy (non-hydrogen) atoms. The fraction of sp³-hybridized carbons (Fsp3) is 0.750. The van der Waals surface area contributed by atoms with Crippen molar-refractivity contribution in [2.24, 2.45) is 10.9 Å². The summed E-state index contributed by atoms with van der Waals surface area (Å²) in [6.07, 6.45) is 9.42. The van der Waals surface area contributed by atoms with Gasteiger partial charge in [-0.25, -0.2) is 4.98 Å². The maximum absolute atomic E-state index is 4.77. The quantitative estimate of drug-likeness (QED) is 0.345. The van der Waals surface area contributed by atoms with Gasteiger partial charge in [0, 0.05) is 38.6 Å². The lowest BCUT2D eigenvalue weighted by Crippen LogP contribution is -2.49. The van der Waals surface area contributed by atoms with E-state index in [0.717, 1.165) is 38.6 Å². The van der Waals surface area contributed by atoms with Crippen LogP contribution in [-0.4, -0.2) is 46.6 Å². The second-order valence-electron chi connectivity index (χ2n) is 5.88. The second kappa shape index (κ2) is 10.1. The molecule has 5 nitrogen and oxygen atoms in total. The van der Waals surface area contributed by atoms with Gasteiger partial charge in [-0.3, -0.25) is 4.99 Å². The number of halogens is 1. The summed E-state index contributed by atoms with van der Waals surface area (Å²) in [5.41, 5.74) is 0. The van der Waals surface area contributed by atoms with E-state index >= 15 is 0 Å². The van der Waals surface area contributed by atoms with Gasteiger partial charge in [0.25, 0.3) is 0 Å². The van der Waals surface area contributed by atoms with Crippen molar-refractivity contribution in [1.82, 2.24) is 19.8 Å².